The molecule has 109 heavy (non-hydrogen) atoms. The van der Waals surface area contributed by atoms with Gasteiger partial charge >= 0.3 is 0 Å². The molecule has 0 aliphatic carbocycles. The molecule has 25 heteroatoms. The van der Waals surface area contributed by atoms with Crippen LogP contribution in [0.2, 0.25) is 0 Å². The third-order valence-corrected chi connectivity index (χ3v) is 19.4. The van der Waals surface area contributed by atoms with E-state index in [1.54, 1.807) is 117 Å². The number of nitrogens with one attached hydrogen (secondary N) is 3. The minimum absolute atomic E-state index is 0.163. The zero-order valence-corrected chi connectivity index (χ0v) is 63.5. The van der Waals surface area contributed by atoms with Gasteiger partial charge in [0.1, 0.15) is 15.0 Å². The molecule has 546 valence electrons. The van der Waals surface area contributed by atoms with Crippen molar-refractivity contribution in [3.05, 3.63) is 318 Å². The highest BCUT2D eigenvalue weighted by Gasteiger charge is 2.19. The summed E-state index contributed by atoms with van der Waals surface area (Å²) in [5.41, 5.74) is 15.0. The summed E-state index contributed by atoms with van der Waals surface area (Å²) in [5.74, 6) is -1.65. The second-order valence-corrected chi connectivity index (χ2v) is 28.7. The largest absolute Gasteiger partial charge is 0.351 e. The molecule has 0 spiro atoms. The Hall–Kier alpha value is -13.4. The van der Waals surface area contributed by atoms with Crippen LogP contribution in [0.5, 0.6) is 0 Å². The van der Waals surface area contributed by atoms with Gasteiger partial charge in [-0.15, -0.1) is 34.0 Å². The highest BCUT2D eigenvalue weighted by molar-refractivity contribution is 7.22. The number of aromatic nitrogens is 9. The van der Waals surface area contributed by atoms with E-state index in [1.807, 2.05) is 148 Å². The van der Waals surface area contributed by atoms with E-state index in [0.29, 0.717) is 17.1 Å². The van der Waals surface area contributed by atoms with Crippen molar-refractivity contribution in [2.24, 2.45) is 0 Å². The number of fused-ring (bicyclic) bond motifs is 3. The standard InChI is InChI=1S/3C26H20N4O2S.2C3H7NO/c3*1-16-3-10-20(11-4-16)30-14-13-22(31)24(29-30)25(32)27-19-8-6-18(7-9-19)26-28-21-12-5-17(2)15-23(21)33-26;2*1-4(2)3-5/h3*3-15H,1-2H3,(H,27,32);2*3H,1-2H3. The molecule has 6 aromatic heterocycles. The molecule has 0 saturated carbocycles. The smallest absolute Gasteiger partial charge is 0.280 e. The van der Waals surface area contributed by atoms with E-state index in [0.717, 1.165) is 109 Å². The molecule has 9 aromatic carbocycles. The monoisotopic (exact) mass is 1500 g/mol. The van der Waals surface area contributed by atoms with Crippen molar-refractivity contribution in [2.45, 2.75) is 41.5 Å². The van der Waals surface area contributed by atoms with Gasteiger partial charge in [0.25, 0.3) is 17.7 Å². The second-order valence-electron chi connectivity index (χ2n) is 25.6. The van der Waals surface area contributed by atoms with E-state index in [-0.39, 0.29) is 17.1 Å². The Morgan fingerprint density at radius 3 is 0.789 bits per heavy atom. The van der Waals surface area contributed by atoms with Crippen molar-refractivity contribution >= 4 is 112 Å². The van der Waals surface area contributed by atoms with Crippen LogP contribution in [0.15, 0.2) is 251 Å². The van der Waals surface area contributed by atoms with Gasteiger partial charge in [-0.1, -0.05) is 71.3 Å². The summed E-state index contributed by atoms with van der Waals surface area (Å²) in [6.45, 7) is 12.2. The molecule has 3 N–H and O–H groups in total. The van der Waals surface area contributed by atoms with Crippen molar-refractivity contribution in [3.63, 3.8) is 0 Å². The van der Waals surface area contributed by atoms with Crippen LogP contribution in [0.3, 0.4) is 0 Å². The molecule has 0 atom stereocenters. The maximum atomic E-state index is 12.8. The summed E-state index contributed by atoms with van der Waals surface area (Å²) in [5, 5.41) is 23.8. The molecule has 5 amide bonds. The quantitative estimate of drug-likeness (QED) is 0.0855. The number of amides is 5. The Morgan fingerprint density at radius 1 is 0.330 bits per heavy atom. The molecular weight excluding hydrogens is 1430 g/mol. The van der Waals surface area contributed by atoms with Gasteiger partial charge in [-0.05, 0) is 204 Å². The maximum absolute atomic E-state index is 12.8. The van der Waals surface area contributed by atoms with Crippen molar-refractivity contribution in [2.75, 3.05) is 44.1 Å². The van der Waals surface area contributed by atoms with Gasteiger partial charge in [0.15, 0.2) is 17.1 Å². The zero-order valence-electron chi connectivity index (χ0n) is 61.1. The van der Waals surface area contributed by atoms with Gasteiger partial charge < -0.3 is 25.8 Å². The predicted molar refractivity (Wildman–Crippen MR) is 436 cm³/mol. The first kappa shape index (κ1) is 76.8. The fourth-order valence-corrected chi connectivity index (χ4v) is 13.6. The lowest BCUT2D eigenvalue weighted by atomic mass is 10.2. The lowest BCUT2D eigenvalue weighted by Gasteiger charge is -2.09. The highest BCUT2D eigenvalue weighted by atomic mass is 32.1. The average molecular weight is 1500 g/mol. The first-order valence-corrected chi connectivity index (χ1v) is 36.5. The molecule has 0 bridgehead atoms. The Labute approximate surface area is 638 Å². The van der Waals surface area contributed by atoms with Gasteiger partial charge in [0.2, 0.25) is 29.1 Å². The van der Waals surface area contributed by atoms with Gasteiger partial charge in [0.05, 0.1) is 47.7 Å². The molecule has 15 rings (SSSR count). The molecule has 0 fully saturated rings. The lowest BCUT2D eigenvalue weighted by molar-refractivity contribution is -0.116. The van der Waals surface area contributed by atoms with Crippen LogP contribution in [0.4, 0.5) is 17.1 Å². The molecule has 0 aliphatic heterocycles. The summed E-state index contributed by atoms with van der Waals surface area (Å²) in [4.78, 5) is 111. The minimum atomic E-state index is -0.551. The molecule has 0 unspecified atom stereocenters. The molecule has 0 radical (unpaired) electrons. The van der Waals surface area contributed by atoms with E-state index in [1.165, 1.54) is 58.7 Å². The number of benzene rings is 9. The molecule has 6 heterocycles. The van der Waals surface area contributed by atoms with Gasteiger partial charge in [0, 0.05) is 98.7 Å². The van der Waals surface area contributed by atoms with Crippen LogP contribution < -0.4 is 32.2 Å². The Morgan fingerprint density at radius 2 is 0.560 bits per heavy atom. The molecule has 0 saturated heterocycles. The number of carbonyl (C=O) groups is 5. The summed E-state index contributed by atoms with van der Waals surface area (Å²) in [7, 11) is 6.75. The summed E-state index contributed by atoms with van der Waals surface area (Å²) in [6.07, 6.45) is 6.16. The van der Waals surface area contributed by atoms with E-state index >= 15 is 0 Å². The number of carbonyl (C=O) groups excluding carboxylic acids is 5. The normalized spacial score (nSPS) is 10.6. The molecule has 15 aromatic rings. The summed E-state index contributed by atoms with van der Waals surface area (Å²) in [6, 6.07) is 67.9. The number of aryl methyl sites for hydroxylation is 6. The average Bonchev–Trinajstić information content (AvgIpc) is 1.80. The van der Waals surface area contributed by atoms with E-state index in [4.69, 9.17) is 15.0 Å². The van der Waals surface area contributed by atoms with Crippen LogP contribution >= 0.6 is 34.0 Å². The predicted octanol–water partition coefficient (Wildman–Crippen LogP) is 15.5. The fourth-order valence-electron chi connectivity index (χ4n) is 10.3. The molecule has 22 nitrogen and oxygen atoms in total. The van der Waals surface area contributed by atoms with E-state index in [9.17, 15) is 38.4 Å². The SMILES string of the molecule is CN(C)C=O.CN(C)C=O.Cc1ccc(-n2ccc(=O)c(C(=O)Nc3ccc(-c4nc5ccc(C)cc5s4)cc3)n2)cc1.Cc1ccc(-n2ccc(=O)c(C(=O)Nc3ccc(-c4nc5ccc(C)cc5s4)cc3)n2)cc1.Cc1ccc(-n2ccc(=O)c(C(=O)Nc3ccc(-c4nc5ccc(C)cc5s4)cc3)n2)cc1. The topological polar surface area (TPSA) is 271 Å². The Bertz CT molecular complexity index is 5400. The lowest BCUT2D eigenvalue weighted by Crippen LogP contribution is -2.25. The number of anilines is 3. The molecular formula is C84H74N14O8S3. The Balaban J connectivity index is 0.000000152. The third kappa shape index (κ3) is 20.2. The maximum Gasteiger partial charge on any atom is 0.280 e. The van der Waals surface area contributed by atoms with Crippen molar-refractivity contribution in [1.82, 2.24) is 54.1 Å². The third-order valence-electron chi connectivity index (χ3n) is 16.2. The number of hydrogen-bond acceptors (Lipinski definition) is 17. The summed E-state index contributed by atoms with van der Waals surface area (Å²) < 4.78 is 7.99. The highest BCUT2D eigenvalue weighted by Crippen LogP contribution is 2.35. The van der Waals surface area contributed by atoms with Crippen LogP contribution in [-0.4, -0.2) is 113 Å². The number of hydrogen-bond donors (Lipinski definition) is 3. The van der Waals surface area contributed by atoms with E-state index in [2.05, 4.69) is 88.4 Å². The first-order chi connectivity index (χ1) is 52.4. The minimum Gasteiger partial charge on any atom is -0.351 e. The number of rotatable bonds is 14. The van der Waals surface area contributed by atoms with Gasteiger partial charge in [-0.3, -0.25) is 38.4 Å². The van der Waals surface area contributed by atoms with Crippen molar-refractivity contribution < 1.29 is 24.0 Å². The van der Waals surface area contributed by atoms with Crippen LogP contribution in [0.1, 0.15) is 64.8 Å². The van der Waals surface area contributed by atoms with Crippen LogP contribution in [0, 0.1) is 41.5 Å². The first-order valence-electron chi connectivity index (χ1n) is 34.0. The van der Waals surface area contributed by atoms with Gasteiger partial charge in [-0.2, -0.15) is 15.3 Å². The molecule has 0 aliphatic rings. The fraction of sp³-hybridized carbons (Fsp3) is 0.119. The van der Waals surface area contributed by atoms with Crippen LogP contribution in [0.25, 0.3) is 79.4 Å². The number of thiazole rings is 3. The number of nitrogens with zero attached hydrogens (tertiary/aromatic N) is 11. The zero-order chi connectivity index (χ0) is 77.4. The van der Waals surface area contributed by atoms with Crippen LogP contribution in [-0.2, 0) is 9.59 Å². The van der Waals surface area contributed by atoms with E-state index < -0.39 is 34.0 Å². The summed E-state index contributed by atoms with van der Waals surface area (Å²) >= 11 is 4.89. The van der Waals surface area contributed by atoms with Gasteiger partial charge in [-0.25, -0.2) is 29.0 Å². The Kier molecular flexibility index (Phi) is 24.8. The van der Waals surface area contributed by atoms with Crippen molar-refractivity contribution in [3.8, 4) is 48.8 Å². The second kappa shape index (κ2) is 35.2. The van der Waals surface area contributed by atoms with Crippen molar-refractivity contribution in [1.29, 1.82) is 0 Å².